The molecule has 0 fully saturated rings. The van der Waals surface area contributed by atoms with Crippen LogP contribution in [0.1, 0.15) is 36.1 Å². The summed E-state index contributed by atoms with van der Waals surface area (Å²) in [6.07, 6.45) is 0.0907. The number of benzene rings is 1. The summed E-state index contributed by atoms with van der Waals surface area (Å²) in [6.45, 7) is 5.68. The van der Waals surface area contributed by atoms with E-state index in [1.54, 1.807) is 12.1 Å². The molecule has 0 radical (unpaired) electrons. The van der Waals surface area contributed by atoms with E-state index in [0.29, 0.717) is 6.42 Å². The molecule has 0 amide bonds. The lowest BCUT2D eigenvalue weighted by atomic mass is 9.92. The highest BCUT2D eigenvalue weighted by molar-refractivity contribution is 5.85. The molecule has 0 saturated heterocycles. The first kappa shape index (κ1) is 15.2. The molecule has 1 rings (SSSR count). The number of halogens is 1. The highest BCUT2D eigenvalue weighted by Gasteiger charge is 2.19. The molecule has 0 heterocycles. The molecule has 1 aromatic rings. The Balaban J connectivity index is 0.00000225. The Morgan fingerprint density at radius 2 is 1.69 bits per heavy atom. The zero-order valence-corrected chi connectivity index (χ0v) is 10.7. The van der Waals surface area contributed by atoms with E-state index in [2.05, 4.69) is 0 Å². The van der Waals surface area contributed by atoms with Crippen LogP contribution in [0.2, 0.25) is 0 Å². The molecule has 4 N–H and O–H groups in total. The van der Waals surface area contributed by atoms with Crippen LogP contribution in [0, 0.1) is 13.8 Å². The summed E-state index contributed by atoms with van der Waals surface area (Å²) >= 11 is 0. The Hall–Kier alpha value is -0.770. The lowest BCUT2D eigenvalue weighted by Crippen LogP contribution is -2.26. The van der Waals surface area contributed by atoms with E-state index in [4.69, 9.17) is 5.73 Å². The number of nitrogens with two attached hydrogens (primary N) is 1. The predicted molar refractivity (Wildman–Crippen MR) is 68.1 cm³/mol. The maximum Gasteiger partial charge on any atom is 0.116 e. The highest BCUT2D eigenvalue weighted by atomic mass is 35.5. The zero-order chi connectivity index (χ0) is 11.6. The molecule has 0 saturated carbocycles. The molecular formula is C12H20ClNO2. The van der Waals surface area contributed by atoms with Crippen LogP contribution in [0.25, 0.3) is 0 Å². The number of aliphatic hydroxyl groups excluding tert-OH is 1. The van der Waals surface area contributed by atoms with Crippen LogP contribution in [-0.4, -0.2) is 16.3 Å². The SMILES string of the molecule is CC[C@@H](O)[C@@H](N)c1c(C)cc(O)cc1C.Cl. The number of phenols is 1. The van der Waals surface area contributed by atoms with Crippen LogP contribution in [0.5, 0.6) is 5.75 Å². The molecular weight excluding hydrogens is 226 g/mol. The number of hydrogen-bond donors (Lipinski definition) is 3. The first-order chi connectivity index (χ1) is 6.97. The van der Waals surface area contributed by atoms with Gasteiger partial charge < -0.3 is 15.9 Å². The summed E-state index contributed by atoms with van der Waals surface area (Å²) in [5, 5.41) is 19.1. The van der Waals surface area contributed by atoms with Crippen LogP contribution < -0.4 is 5.73 Å². The summed E-state index contributed by atoms with van der Waals surface area (Å²) < 4.78 is 0. The fourth-order valence-corrected chi connectivity index (χ4v) is 1.92. The van der Waals surface area contributed by atoms with Gasteiger partial charge in [0.25, 0.3) is 0 Å². The molecule has 92 valence electrons. The van der Waals surface area contributed by atoms with Gasteiger partial charge in [0.15, 0.2) is 0 Å². The first-order valence-corrected chi connectivity index (χ1v) is 5.21. The summed E-state index contributed by atoms with van der Waals surface area (Å²) in [5.74, 6) is 0.243. The number of aromatic hydroxyl groups is 1. The molecule has 0 spiro atoms. The minimum atomic E-state index is -0.535. The third-order valence-electron chi connectivity index (χ3n) is 2.74. The first-order valence-electron chi connectivity index (χ1n) is 5.21. The second kappa shape index (κ2) is 6.09. The van der Waals surface area contributed by atoms with E-state index in [0.717, 1.165) is 16.7 Å². The van der Waals surface area contributed by atoms with Gasteiger partial charge in [-0.2, -0.15) is 0 Å². The van der Waals surface area contributed by atoms with Gasteiger partial charge in [0, 0.05) is 0 Å². The van der Waals surface area contributed by atoms with Crippen LogP contribution in [0.4, 0.5) is 0 Å². The van der Waals surface area contributed by atoms with Crippen LogP contribution in [-0.2, 0) is 0 Å². The largest absolute Gasteiger partial charge is 0.508 e. The minimum Gasteiger partial charge on any atom is -0.508 e. The maximum atomic E-state index is 9.71. The van der Waals surface area contributed by atoms with Gasteiger partial charge in [-0.3, -0.25) is 0 Å². The van der Waals surface area contributed by atoms with Crippen molar-refractivity contribution in [1.29, 1.82) is 0 Å². The van der Waals surface area contributed by atoms with Crippen molar-refractivity contribution in [2.45, 2.75) is 39.3 Å². The molecule has 2 atom stereocenters. The van der Waals surface area contributed by atoms with Gasteiger partial charge in [-0.05, 0) is 49.1 Å². The standard InChI is InChI=1S/C12H19NO2.ClH/c1-4-10(15)12(13)11-7(2)5-9(14)6-8(11)3;/h5-6,10,12,14-15H,4,13H2,1-3H3;1H/t10-,12-;/m1./s1. The van der Waals surface area contributed by atoms with Gasteiger partial charge in [-0.1, -0.05) is 6.92 Å². The number of aryl methyl sites for hydroxylation is 2. The van der Waals surface area contributed by atoms with Crippen molar-refractivity contribution >= 4 is 12.4 Å². The zero-order valence-electron chi connectivity index (χ0n) is 9.90. The van der Waals surface area contributed by atoms with Crippen LogP contribution >= 0.6 is 12.4 Å². The number of hydrogen-bond acceptors (Lipinski definition) is 3. The van der Waals surface area contributed by atoms with Gasteiger partial charge in [0.05, 0.1) is 12.1 Å². The van der Waals surface area contributed by atoms with Crippen LogP contribution in [0.15, 0.2) is 12.1 Å². The van der Waals surface area contributed by atoms with Crippen molar-refractivity contribution < 1.29 is 10.2 Å². The quantitative estimate of drug-likeness (QED) is 0.765. The molecule has 0 unspecified atom stereocenters. The van der Waals surface area contributed by atoms with E-state index in [-0.39, 0.29) is 24.2 Å². The second-order valence-corrected chi connectivity index (χ2v) is 3.99. The van der Waals surface area contributed by atoms with Crippen LogP contribution in [0.3, 0.4) is 0 Å². The van der Waals surface area contributed by atoms with E-state index < -0.39 is 6.10 Å². The fourth-order valence-electron chi connectivity index (χ4n) is 1.92. The summed E-state index contributed by atoms with van der Waals surface area (Å²) in [7, 11) is 0. The van der Waals surface area contributed by atoms with E-state index in [1.165, 1.54) is 0 Å². The Kier molecular flexibility index (Phi) is 5.79. The van der Waals surface area contributed by atoms with Gasteiger partial charge in [-0.15, -0.1) is 12.4 Å². The molecule has 16 heavy (non-hydrogen) atoms. The van der Waals surface area contributed by atoms with Crippen molar-refractivity contribution in [3.05, 3.63) is 28.8 Å². The molecule has 0 aliphatic rings. The molecule has 0 aliphatic carbocycles. The third kappa shape index (κ3) is 3.11. The maximum absolute atomic E-state index is 9.71. The number of rotatable bonds is 3. The number of aliphatic hydroxyl groups is 1. The van der Waals surface area contributed by atoms with E-state index in [9.17, 15) is 10.2 Å². The Morgan fingerprint density at radius 1 is 1.25 bits per heavy atom. The molecule has 0 bridgehead atoms. The van der Waals surface area contributed by atoms with Gasteiger partial charge >= 0.3 is 0 Å². The lowest BCUT2D eigenvalue weighted by molar-refractivity contribution is 0.140. The van der Waals surface area contributed by atoms with Gasteiger partial charge in [0.1, 0.15) is 5.75 Å². The molecule has 1 aromatic carbocycles. The highest BCUT2D eigenvalue weighted by Crippen LogP contribution is 2.27. The van der Waals surface area contributed by atoms with Crippen molar-refractivity contribution in [2.24, 2.45) is 5.73 Å². The topological polar surface area (TPSA) is 66.5 Å². The molecule has 0 aliphatic heterocycles. The monoisotopic (exact) mass is 245 g/mol. The van der Waals surface area contributed by atoms with Crippen molar-refractivity contribution in [2.75, 3.05) is 0 Å². The lowest BCUT2D eigenvalue weighted by Gasteiger charge is -2.22. The van der Waals surface area contributed by atoms with E-state index >= 15 is 0 Å². The number of phenolic OH excluding ortho intramolecular Hbond substituents is 1. The Labute approximate surface area is 103 Å². The predicted octanol–water partition coefficient (Wildman–Crippen LogP) is 2.20. The third-order valence-corrected chi connectivity index (χ3v) is 2.74. The second-order valence-electron chi connectivity index (χ2n) is 3.99. The average Bonchev–Trinajstić information content (AvgIpc) is 2.14. The van der Waals surface area contributed by atoms with Crippen molar-refractivity contribution in [3.63, 3.8) is 0 Å². The summed E-state index contributed by atoms with van der Waals surface area (Å²) in [6, 6.07) is 2.96. The minimum absolute atomic E-state index is 0. The van der Waals surface area contributed by atoms with Crippen molar-refractivity contribution in [1.82, 2.24) is 0 Å². The van der Waals surface area contributed by atoms with Crippen molar-refractivity contribution in [3.8, 4) is 5.75 Å². The summed E-state index contributed by atoms with van der Waals surface area (Å²) in [5.41, 5.74) is 8.75. The summed E-state index contributed by atoms with van der Waals surface area (Å²) in [4.78, 5) is 0. The average molecular weight is 246 g/mol. The van der Waals surface area contributed by atoms with Gasteiger partial charge in [-0.25, -0.2) is 0 Å². The fraction of sp³-hybridized carbons (Fsp3) is 0.500. The molecule has 4 heteroatoms. The normalized spacial score (nSPS) is 14.1. The molecule has 0 aromatic heterocycles. The van der Waals surface area contributed by atoms with E-state index in [1.807, 2.05) is 20.8 Å². The Bertz CT molecular complexity index is 332. The Morgan fingerprint density at radius 3 is 2.06 bits per heavy atom. The molecule has 3 nitrogen and oxygen atoms in total. The smallest absolute Gasteiger partial charge is 0.116 e. The van der Waals surface area contributed by atoms with Gasteiger partial charge in [0.2, 0.25) is 0 Å².